The molecule has 0 amide bonds. The van der Waals surface area contributed by atoms with Crippen molar-refractivity contribution in [1.29, 1.82) is 0 Å². The van der Waals surface area contributed by atoms with Crippen molar-refractivity contribution in [3.63, 3.8) is 0 Å². The summed E-state index contributed by atoms with van der Waals surface area (Å²) >= 11 is 1.86. The number of benzene rings is 8. The molecule has 4 heterocycles. The Labute approximate surface area is 295 Å². The van der Waals surface area contributed by atoms with E-state index in [9.17, 15) is 0 Å². The summed E-state index contributed by atoms with van der Waals surface area (Å²) < 4.78 is 7.35. The molecule has 0 unspecified atom stereocenters. The van der Waals surface area contributed by atoms with Gasteiger partial charge in [-0.15, -0.1) is 11.3 Å². The highest BCUT2D eigenvalue weighted by molar-refractivity contribution is 7.26. The van der Waals surface area contributed by atoms with Gasteiger partial charge < -0.3 is 4.57 Å². The maximum Gasteiger partial charge on any atom is 0.235 e. The van der Waals surface area contributed by atoms with Gasteiger partial charge in [-0.25, -0.2) is 9.97 Å². The average Bonchev–Trinajstić information content (AvgIpc) is 3.85. The van der Waals surface area contributed by atoms with E-state index < -0.39 is 0 Å². The van der Waals surface area contributed by atoms with Gasteiger partial charge in [0.15, 0.2) is 0 Å². The van der Waals surface area contributed by atoms with Gasteiger partial charge in [-0.05, 0) is 58.6 Å². The minimum atomic E-state index is 0.678. The molecule has 0 bridgehead atoms. The molecule has 0 aliphatic rings. The number of para-hydroxylation sites is 1. The fourth-order valence-electron chi connectivity index (χ4n) is 8.52. The van der Waals surface area contributed by atoms with E-state index in [0.717, 1.165) is 22.5 Å². The lowest BCUT2D eigenvalue weighted by Gasteiger charge is -2.12. The molecule has 4 aromatic heterocycles. The molecular formula is C46H26N4S. The molecule has 4 nitrogen and oxygen atoms in total. The lowest BCUT2D eigenvalue weighted by atomic mass is 9.98. The second-order valence-electron chi connectivity index (χ2n) is 13.4. The minimum absolute atomic E-state index is 0.678. The molecule has 0 spiro atoms. The van der Waals surface area contributed by atoms with Crippen LogP contribution < -0.4 is 0 Å². The molecule has 51 heavy (non-hydrogen) atoms. The van der Waals surface area contributed by atoms with Crippen molar-refractivity contribution in [2.24, 2.45) is 0 Å². The number of rotatable bonds is 3. The van der Waals surface area contributed by atoms with Gasteiger partial charge in [0.25, 0.3) is 0 Å². The minimum Gasteiger partial charge on any atom is -0.309 e. The Bertz CT molecular complexity index is 3370. The predicted octanol–water partition coefficient (Wildman–Crippen LogP) is 12.4. The zero-order valence-electron chi connectivity index (χ0n) is 27.2. The van der Waals surface area contributed by atoms with Crippen LogP contribution in [0, 0.1) is 0 Å². The Kier molecular flexibility index (Phi) is 5.35. The summed E-state index contributed by atoms with van der Waals surface area (Å²) in [6.45, 7) is 0. The molecule has 0 saturated heterocycles. The van der Waals surface area contributed by atoms with Crippen LogP contribution in [-0.4, -0.2) is 19.1 Å². The van der Waals surface area contributed by atoms with Crippen molar-refractivity contribution < 1.29 is 0 Å². The summed E-state index contributed by atoms with van der Waals surface area (Å²) in [4.78, 5) is 10.3. The molecular weight excluding hydrogens is 641 g/mol. The average molecular weight is 667 g/mol. The number of fused-ring (bicyclic) bond motifs is 9. The zero-order chi connectivity index (χ0) is 33.2. The summed E-state index contributed by atoms with van der Waals surface area (Å²) in [5.74, 6) is 0.678. The number of aromatic nitrogens is 4. The summed E-state index contributed by atoms with van der Waals surface area (Å²) in [5.41, 5.74) is 7.83. The van der Waals surface area contributed by atoms with Crippen molar-refractivity contribution in [3.8, 4) is 22.9 Å². The second-order valence-corrected chi connectivity index (χ2v) is 14.5. The van der Waals surface area contributed by atoms with Crippen LogP contribution >= 0.6 is 11.3 Å². The Hall–Kier alpha value is -6.56. The van der Waals surface area contributed by atoms with Crippen LogP contribution in [0.5, 0.6) is 0 Å². The molecule has 5 heteroatoms. The SMILES string of the molecule is c1ccc(-c2ccnc(-n3c4cc5c6ccccc6n(-c6ccc7ccccc7c6)c5c5ccc6cc7c8ccccc8sc7c3c6c54)n2)cc1. The Morgan fingerprint density at radius 3 is 2.18 bits per heavy atom. The molecule has 12 rings (SSSR count). The molecule has 0 radical (unpaired) electrons. The lowest BCUT2D eigenvalue weighted by molar-refractivity contribution is 0.995. The van der Waals surface area contributed by atoms with E-state index in [4.69, 9.17) is 9.97 Å². The first-order chi connectivity index (χ1) is 25.3. The fraction of sp³-hybridized carbons (Fsp3) is 0. The van der Waals surface area contributed by atoms with E-state index in [1.807, 2.05) is 29.7 Å². The molecule has 0 N–H and O–H groups in total. The van der Waals surface area contributed by atoms with Crippen LogP contribution in [0.4, 0.5) is 0 Å². The molecule has 0 saturated carbocycles. The van der Waals surface area contributed by atoms with Gasteiger partial charge in [-0.2, -0.15) is 0 Å². The largest absolute Gasteiger partial charge is 0.309 e. The maximum absolute atomic E-state index is 5.28. The number of hydrogen-bond acceptors (Lipinski definition) is 3. The lowest BCUT2D eigenvalue weighted by Crippen LogP contribution is -2.02. The van der Waals surface area contributed by atoms with Crippen LogP contribution in [0.1, 0.15) is 0 Å². The smallest absolute Gasteiger partial charge is 0.235 e. The van der Waals surface area contributed by atoms with E-state index >= 15 is 0 Å². The van der Waals surface area contributed by atoms with Crippen LogP contribution in [-0.2, 0) is 0 Å². The summed E-state index contributed by atoms with van der Waals surface area (Å²) in [7, 11) is 0. The van der Waals surface area contributed by atoms with Crippen molar-refractivity contribution >= 4 is 96.7 Å². The number of nitrogens with zero attached hydrogens (tertiary/aromatic N) is 4. The van der Waals surface area contributed by atoms with Crippen molar-refractivity contribution in [2.45, 2.75) is 0 Å². The van der Waals surface area contributed by atoms with E-state index in [1.165, 1.54) is 79.8 Å². The first-order valence-electron chi connectivity index (χ1n) is 17.2. The quantitative estimate of drug-likeness (QED) is 0.176. The van der Waals surface area contributed by atoms with Gasteiger partial charge in [-0.1, -0.05) is 109 Å². The number of hydrogen-bond donors (Lipinski definition) is 0. The Balaban J connectivity index is 1.29. The van der Waals surface area contributed by atoms with E-state index in [-0.39, 0.29) is 0 Å². The van der Waals surface area contributed by atoms with Gasteiger partial charge in [-0.3, -0.25) is 4.57 Å². The van der Waals surface area contributed by atoms with Crippen molar-refractivity contribution in [3.05, 3.63) is 158 Å². The molecule has 0 atom stereocenters. The summed E-state index contributed by atoms with van der Waals surface area (Å²) in [5, 5.41) is 12.4. The highest BCUT2D eigenvalue weighted by atomic mass is 32.1. The first kappa shape index (κ1) is 27.3. The third kappa shape index (κ3) is 3.68. The summed E-state index contributed by atoms with van der Waals surface area (Å²) in [6.07, 6.45) is 1.90. The van der Waals surface area contributed by atoms with E-state index in [1.54, 1.807) is 0 Å². The van der Waals surface area contributed by atoms with E-state index in [2.05, 4.69) is 149 Å². The van der Waals surface area contributed by atoms with Crippen LogP contribution in [0.2, 0.25) is 0 Å². The van der Waals surface area contributed by atoms with Gasteiger partial charge in [0, 0.05) is 59.9 Å². The molecule has 0 aliphatic carbocycles. The van der Waals surface area contributed by atoms with Crippen LogP contribution in [0.15, 0.2) is 158 Å². The molecule has 0 aliphatic heterocycles. The standard InChI is InChI=1S/C46H26N4S/c1-2-11-28(12-3-1)37-22-23-47-46(48-37)50-39-26-35-32-14-6-8-16-38(32)49(31-20-18-27-10-4-5-13-29(27)24-31)43(35)34-21-19-30-25-36-33-15-7-9-17-40(33)51-45(36)44(50)41(30)42(34)39/h1-26H. The first-order valence-corrected chi connectivity index (χ1v) is 18.1. The van der Waals surface area contributed by atoms with E-state index in [0.29, 0.717) is 5.95 Å². The van der Waals surface area contributed by atoms with Gasteiger partial charge in [0.1, 0.15) is 0 Å². The van der Waals surface area contributed by atoms with Crippen molar-refractivity contribution in [1.82, 2.24) is 19.1 Å². The van der Waals surface area contributed by atoms with Gasteiger partial charge >= 0.3 is 0 Å². The molecule has 8 aromatic carbocycles. The van der Waals surface area contributed by atoms with Crippen LogP contribution in [0.25, 0.3) is 108 Å². The fourth-order valence-corrected chi connectivity index (χ4v) is 9.75. The molecule has 12 aromatic rings. The predicted molar refractivity (Wildman–Crippen MR) is 215 cm³/mol. The zero-order valence-corrected chi connectivity index (χ0v) is 28.0. The van der Waals surface area contributed by atoms with Gasteiger partial charge in [0.2, 0.25) is 5.95 Å². The second kappa shape index (κ2) is 10.0. The summed E-state index contributed by atoms with van der Waals surface area (Å²) in [6, 6.07) is 54.9. The monoisotopic (exact) mass is 666 g/mol. The number of thiophene rings is 1. The van der Waals surface area contributed by atoms with Crippen LogP contribution in [0.3, 0.4) is 0 Å². The highest BCUT2D eigenvalue weighted by Crippen LogP contribution is 2.49. The van der Waals surface area contributed by atoms with Gasteiger partial charge in [0.05, 0.1) is 32.5 Å². The highest BCUT2D eigenvalue weighted by Gasteiger charge is 2.26. The Morgan fingerprint density at radius 2 is 1.25 bits per heavy atom. The third-order valence-electron chi connectivity index (χ3n) is 10.7. The molecule has 0 fully saturated rings. The normalized spacial score (nSPS) is 12.3. The Morgan fingerprint density at radius 1 is 0.471 bits per heavy atom. The third-order valence-corrected chi connectivity index (χ3v) is 11.9. The topological polar surface area (TPSA) is 35.6 Å². The molecule has 236 valence electrons. The maximum atomic E-state index is 5.28. The van der Waals surface area contributed by atoms with Crippen molar-refractivity contribution in [2.75, 3.05) is 0 Å².